The minimum atomic E-state index is 0.0486. The van der Waals surface area contributed by atoms with Crippen molar-refractivity contribution in [1.29, 1.82) is 0 Å². The van der Waals surface area contributed by atoms with Gasteiger partial charge in [-0.25, -0.2) is 0 Å². The lowest BCUT2D eigenvalue weighted by Crippen LogP contribution is -2.54. The molecule has 5 nitrogen and oxygen atoms in total. The molecule has 3 rings (SSSR count). The predicted octanol–water partition coefficient (Wildman–Crippen LogP) is 1.69. The van der Waals surface area contributed by atoms with E-state index >= 15 is 0 Å². The smallest absolute Gasteiger partial charge is 0.234 e. The Morgan fingerprint density at radius 2 is 2.17 bits per heavy atom. The molecule has 1 saturated heterocycles. The molecular formula is C18H27N3O2. The van der Waals surface area contributed by atoms with Crippen LogP contribution in [0.1, 0.15) is 38.3 Å². The van der Waals surface area contributed by atoms with Gasteiger partial charge in [-0.1, -0.05) is 32.0 Å². The molecule has 1 amide bonds. The molecule has 1 aromatic carbocycles. The van der Waals surface area contributed by atoms with Crippen LogP contribution in [0, 0.1) is 5.41 Å². The number of rotatable bonds is 3. The van der Waals surface area contributed by atoms with Crippen molar-refractivity contribution in [3.63, 3.8) is 0 Å². The number of fused-ring (bicyclic) bond motifs is 1. The molecule has 2 unspecified atom stereocenters. The number of nitrogens with zero attached hydrogens (tertiary/aromatic N) is 1. The molecule has 0 saturated carbocycles. The van der Waals surface area contributed by atoms with Crippen LogP contribution in [-0.4, -0.2) is 43.1 Å². The monoisotopic (exact) mass is 317 g/mol. The zero-order chi connectivity index (χ0) is 16.4. The highest BCUT2D eigenvalue weighted by molar-refractivity contribution is 5.78. The van der Waals surface area contributed by atoms with Crippen LogP contribution >= 0.6 is 0 Å². The van der Waals surface area contributed by atoms with Crippen LogP contribution in [0.5, 0.6) is 5.75 Å². The largest absolute Gasteiger partial charge is 0.493 e. The molecule has 2 aliphatic heterocycles. The molecule has 2 atom stereocenters. The van der Waals surface area contributed by atoms with Crippen molar-refractivity contribution >= 4 is 5.91 Å². The van der Waals surface area contributed by atoms with Crippen LogP contribution in [0.2, 0.25) is 0 Å². The molecule has 126 valence electrons. The Bertz CT molecular complexity index is 573. The van der Waals surface area contributed by atoms with Gasteiger partial charge in [-0.15, -0.1) is 0 Å². The maximum Gasteiger partial charge on any atom is 0.234 e. The second kappa shape index (κ2) is 6.49. The third kappa shape index (κ3) is 3.67. The van der Waals surface area contributed by atoms with Gasteiger partial charge in [0.1, 0.15) is 5.75 Å². The molecule has 0 aromatic heterocycles. The molecule has 3 N–H and O–H groups in total. The van der Waals surface area contributed by atoms with E-state index in [-0.39, 0.29) is 23.4 Å². The third-order valence-electron chi connectivity index (χ3n) is 5.05. The number of ether oxygens (including phenoxy) is 1. The van der Waals surface area contributed by atoms with Gasteiger partial charge in [-0.05, 0) is 17.9 Å². The second-order valence-electron chi connectivity index (χ2n) is 7.39. The van der Waals surface area contributed by atoms with Gasteiger partial charge in [-0.3, -0.25) is 9.69 Å². The summed E-state index contributed by atoms with van der Waals surface area (Å²) in [5.74, 6) is 0.965. The van der Waals surface area contributed by atoms with Crippen LogP contribution in [0.15, 0.2) is 24.3 Å². The first-order valence-electron chi connectivity index (χ1n) is 8.45. The molecule has 2 aliphatic rings. The van der Waals surface area contributed by atoms with E-state index < -0.39 is 0 Å². The zero-order valence-corrected chi connectivity index (χ0v) is 14.0. The fourth-order valence-electron chi connectivity index (χ4n) is 3.56. The van der Waals surface area contributed by atoms with Crippen LogP contribution in [-0.2, 0) is 4.79 Å². The van der Waals surface area contributed by atoms with E-state index in [0.29, 0.717) is 13.2 Å². The fourth-order valence-corrected chi connectivity index (χ4v) is 3.56. The highest BCUT2D eigenvalue weighted by Crippen LogP contribution is 2.31. The first-order valence-corrected chi connectivity index (χ1v) is 8.45. The molecule has 2 heterocycles. The van der Waals surface area contributed by atoms with Gasteiger partial charge in [0.05, 0.1) is 19.2 Å². The Kier molecular flexibility index (Phi) is 4.60. The number of benzene rings is 1. The number of carbonyl (C=O) groups excluding carboxylic acids is 1. The number of nitrogens with two attached hydrogens (primary N) is 1. The predicted molar refractivity (Wildman–Crippen MR) is 90.3 cm³/mol. The van der Waals surface area contributed by atoms with Crippen molar-refractivity contribution in [3.8, 4) is 5.75 Å². The average molecular weight is 317 g/mol. The number of para-hydroxylation sites is 1. The number of carbonyl (C=O) groups is 1. The van der Waals surface area contributed by atoms with E-state index in [4.69, 9.17) is 10.5 Å². The minimum Gasteiger partial charge on any atom is -0.493 e. The molecule has 0 radical (unpaired) electrons. The zero-order valence-electron chi connectivity index (χ0n) is 14.0. The number of piperidine rings is 1. The summed E-state index contributed by atoms with van der Waals surface area (Å²) in [6.45, 7) is 7.20. The van der Waals surface area contributed by atoms with Gasteiger partial charge >= 0.3 is 0 Å². The summed E-state index contributed by atoms with van der Waals surface area (Å²) in [5, 5.41) is 3.17. The van der Waals surface area contributed by atoms with E-state index in [9.17, 15) is 4.79 Å². The Hall–Kier alpha value is -1.59. The maximum atomic E-state index is 12.5. The lowest BCUT2D eigenvalue weighted by Gasteiger charge is -2.42. The van der Waals surface area contributed by atoms with Crippen molar-refractivity contribution in [2.45, 2.75) is 38.8 Å². The van der Waals surface area contributed by atoms with Gasteiger partial charge in [0.25, 0.3) is 0 Å². The van der Waals surface area contributed by atoms with Gasteiger partial charge < -0.3 is 15.8 Å². The lowest BCUT2D eigenvalue weighted by molar-refractivity contribution is -0.124. The number of nitrogens with one attached hydrogen (secondary N) is 1. The quantitative estimate of drug-likeness (QED) is 0.890. The Balaban J connectivity index is 1.58. The summed E-state index contributed by atoms with van der Waals surface area (Å²) in [6.07, 6.45) is 1.76. The summed E-state index contributed by atoms with van der Waals surface area (Å²) in [4.78, 5) is 14.7. The van der Waals surface area contributed by atoms with Crippen molar-refractivity contribution in [1.82, 2.24) is 10.2 Å². The highest BCUT2D eigenvalue weighted by Gasteiger charge is 2.34. The minimum absolute atomic E-state index is 0.0486. The van der Waals surface area contributed by atoms with Gasteiger partial charge in [-0.2, -0.15) is 0 Å². The second-order valence-corrected chi connectivity index (χ2v) is 7.39. The van der Waals surface area contributed by atoms with Gasteiger partial charge in [0, 0.05) is 31.1 Å². The van der Waals surface area contributed by atoms with Crippen molar-refractivity contribution in [2.24, 2.45) is 11.1 Å². The third-order valence-corrected chi connectivity index (χ3v) is 5.05. The van der Waals surface area contributed by atoms with E-state index in [1.807, 2.05) is 24.3 Å². The average Bonchev–Trinajstić information content (AvgIpc) is 2.51. The first kappa shape index (κ1) is 16.3. The van der Waals surface area contributed by atoms with E-state index in [2.05, 4.69) is 24.1 Å². The molecule has 0 bridgehead atoms. The van der Waals surface area contributed by atoms with Crippen molar-refractivity contribution in [2.75, 3.05) is 26.2 Å². The van der Waals surface area contributed by atoms with Crippen LogP contribution in [0.25, 0.3) is 0 Å². The summed E-state index contributed by atoms with van der Waals surface area (Å²) >= 11 is 0. The fraction of sp³-hybridized carbons (Fsp3) is 0.611. The lowest BCUT2D eigenvalue weighted by atomic mass is 9.80. The molecule has 1 aromatic rings. The molecule has 5 heteroatoms. The number of hydrogen-bond acceptors (Lipinski definition) is 4. The standard InChI is InChI=1S/C18H27N3O2/c1-18(2)12-21(9-7-16(18)19)11-17(22)20-14-8-10-23-15-6-4-3-5-13(14)15/h3-6,14,16H,7-12,19H2,1-2H3,(H,20,22). The van der Waals surface area contributed by atoms with Crippen LogP contribution in [0.4, 0.5) is 0 Å². The molecule has 0 aliphatic carbocycles. The molecular weight excluding hydrogens is 290 g/mol. The Morgan fingerprint density at radius 1 is 1.39 bits per heavy atom. The summed E-state index contributed by atoms with van der Waals surface area (Å²) in [6, 6.07) is 8.20. The van der Waals surface area contributed by atoms with Crippen LogP contribution in [0.3, 0.4) is 0 Å². The van der Waals surface area contributed by atoms with Gasteiger partial charge in [0.2, 0.25) is 5.91 Å². The number of likely N-dealkylation sites (tertiary alicyclic amines) is 1. The topological polar surface area (TPSA) is 67.6 Å². The maximum absolute atomic E-state index is 12.5. The summed E-state index contributed by atoms with van der Waals surface area (Å²) in [7, 11) is 0. The first-order chi connectivity index (χ1) is 11.0. The number of amides is 1. The highest BCUT2D eigenvalue weighted by atomic mass is 16.5. The number of hydrogen-bond donors (Lipinski definition) is 2. The van der Waals surface area contributed by atoms with E-state index in [0.717, 1.165) is 37.2 Å². The summed E-state index contributed by atoms with van der Waals surface area (Å²) in [5.41, 5.74) is 7.30. The molecule has 0 spiro atoms. The normalized spacial score (nSPS) is 26.9. The Morgan fingerprint density at radius 3 is 2.96 bits per heavy atom. The SMILES string of the molecule is CC1(C)CN(CC(=O)NC2CCOc3ccccc32)CCC1N. The van der Waals surface area contributed by atoms with Crippen LogP contribution < -0.4 is 15.8 Å². The molecule has 23 heavy (non-hydrogen) atoms. The van der Waals surface area contributed by atoms with Gasteiger partial charge in [0.15, 0.2) is 0 Å². The van der Waals surface area contributed by atoms with E-state index in [1.54, 1.807) is 0 Å². The van der Waals surface area contributed by atoms with E-state index in [1.165, 1.54) is 0 Å². The van der Waals surface area contributed by atoms with Crippen molar-refractivity contribution in [3.05, 3.63) is 29.8 Å². The molecule has 1 fully saturated rings. The van der Waals surface area contributed by atoms with Crippen molar-refractivity contribution < 1.29 is 9.53 Å². The Labute approximate surface area is 138 Å². The summed E-state index contributed by atoms with van der Waals surface area (Å²) < 4.78 is 5.65.